The Labute approximate surface area is 134 Å². The van der Waals surface area contributed by atoms with E-state index in [1.165, 1.54) is 11.3 Å². The molecule has 0 atom stereocenters. The normalized spacial score (nSPS) is 10.3. The first-order chi connectivity index (χ1) is 9.47. The number of hydrogen-bond donors (Lipinski definition) is 1. The van der Waals surface area contributed by atoms with Crippen molar-refractivity contribution in [1.29, 1.82) is 5.26 Å². The van der Waals surface area contributed by atoms with Gasteiger partial charge in [-0.3, -0.25) is 9.48 Å². The van der Waals surface area contributed by atoms with Crippen molar-refractivity contribution in [1.82, 2.24) is 9.78 Å². The Kier molecular flexibility index (Phi) is 4.45. The van der Waals surface area contributed by atoms with E-state index < -0.39 is 0 Å². The SMILES string of the molecule is CCc1c(C)sc(NC(=O)c2nn(C)cc2I)c1C#N. The molecule has 2 heterocycles. The van der Waals surface area contributed by atoms with E-state index in [-0.39, 0.29) is 5.91 Å². The number of aromatic nitrogens is 2. The molecule has 2 aromatic rings. The summed E-state index contributed by atoms with van der Waals surface area (Å²) in [5.74, 6) is -0.282. The first-order valence-electron chi connectivity index (χ1n) is 6.00. The number of carbonyl (C=O) groups excluding carboxylic acids is 1. The minimum Gasteiger partial charge on any atom is -0.311 e. The van der Waals surface area contributed by atoms with Gasteiger partial charge in [-0.15, -0.1) is 11.3 Å². The largest absolute Gasteiger partial charge is 0.311 e. The minimum atomic E-state index is -0.282. The number of nitriles is 1. The van der Waals surface area contributed by atoms with Crippen molar-refractivity contribution in [3.05, 3.63) is 31.5 Å². The molecular weight excluding hydrogens is 387 g/mol. The van der Waals surface area contributed by atoms with Crippen LogP contribution in [0.5, 0.6) is 0 Å². The number of aryl methyl sites for hydroxylation is 2. The van der Waals surface area contributed by atoms with Gasteiger partial charge in [-0.2, -0.15) is 10.4 Å². The van der Waals surface area contributed by atoms with E-state index in [0.29, 0.717) is 16.3 Å². The summed E-state index contributed by atoms with van der Waals surface area (Å²) in [6, 6.07) is 2.18. The molecule has 0 saturated carbocycles. The van der Waals surface area contributed by atoms with E-state index in [1.54, 1.807) is 17.9 Å². The van der Waals surface area contributed by atoms with Crippen molar-refractivity contribution < 1.29 is 4.79 Å². The monoisotopic (exact) mass is 400 g/mol. The second-order valence-electron chi connectivity index (χ2n) is 4.26. The van der Waals surface area contributed by atoms with E-state index in [1.807, 2.05) is 13.8 Å². The molecule has 1 N–H and O–H groups in total. The standard InChI is InChI=1S/C13H13IN4OS/c1-4-8-7(2)20-13(9(8)5-15)16-12(19)11-10(14)6-18(3)17-11/h6H,4H2,1-3H3,(H,16,19). The predicted octanol–water partition coefficient (Wildman–Crippen LogP) is 3.08. The summed E-state index contributed by atoms with van der Waals surface area (Å²) in [6.07, 6.45) is 2.56. The third kappa shape index (κ3) is 2.71. The number of carbonyl (C=O) groups is 1. The zero-order valence-electron chi connectivity index (χ0n) is 11.3. The molecule has 0 aliphatic carbocycles. The van der Waals surface area contributed by atoms with Gasteiger partial charge in [0.1, 0.15) is 11.1 Å². The van der Waals surface area contributed by atoms with Crippen LogP contribution >= 0.6 is 33.9 Å². The van der Waals surface area contributed by atoms with E-state index in [4.69, 9.17) is 0 Å². The van der Waals surface area contributed by atoms with E-state index in [0.717, 1.165) is 20.4 Å². The fourth-order valence-corrected chi connectivity index (χ4v) is 3.83. The molecule has 5 nitrogen and oxygen atoms in total. The lowest BCUT2D eigenvalue weighted by Crippen LogP contribution is -2.14. The minimum absolute atomic E-state index is 0.282. The maximum absolute atomic E-state index is 12.2. The molecule has 0 aliphatic heterocycles. The van der Waals surface area contributed by atoms with Crippen molar-refractivity contribution >= 4 is 44.8 Å². The lowest BCUT2D eigenvalue weighted by atomic mass is 10.1. The number of hydrogen-bond acceptors (Lipinski definition) is 4. The first-order valence-corrected chi connectivity index (χ1v) is 7.90. The quantitative estimate of drug-likeness (QED) is 0.806. The van der Waals surface area contributed by atoms with Crippen molar-refractivity contribution in [3.8, 4) is 6.07 Å². The number of thiophene rings is 1. The lowest BCUT2D eigenvalue weighted by molar-refractivity contribution is 0.102. The van der Waals surface area contributed by atoms with Crippen molar-refractivity contribution in [3.63, 3.8) is 0 Å². The molecule has 0 fully saturated rings. The van der Waals surface area contributed by atoms with Crippen LogP contribution in [-0.2, 0) is 13.5 Å². The van der Waals surface area contributed by atoms with Crippen molar-refractivity contribution in [2.24, 2.45) is 7.05 Å². The van der Waals surface area contributed by atoms with Crippen LogP contribution in [-0.4, -0.2) is 15.7 Å². The van der Waals surface area contributed by atoms with Crippen LogP contribution in [0.3, 0.4) is 0 Å². The van der Waals surface area contributed by atoms with E-state index in [2.05, 4.69) is 39.1 Å². The van der Waals surface area contributed by atoms with Gasteiger partial charge in [-0.25, -0.2) is 0 Å². The molecule has 104 valence electrons. The summed E-state index contributed by atoms with van der Waals surface area (Å²) in [5.41, 5.74) is 1.94. The molecule has 7 heteroatoms. The molecule has 0 saturated heterocycles. The van der Waals surface area contributed by atoms with Crippen LogP contribution in [0.25, 0.3) is 0 Å². The zero-order chi connectivity index (χ0) is 14.9. The topological polar surface area (TPSA) is 70.7 Å². The van der Waals surface area contributed by atoms with E-state index >= 15 is 0 Å². The zero-order valence-corrected chi connectivity index (χ0v) is 14.3. The molecule has 0 aliphatic rings. The summed E-state index contributed by atoms with van der Waals surface area (Å²) in [5, 5.41) is 16.8. The maximum Gasteiger partial charge on any atom is 0.277 e. The molecule has 2 aromatic heterocycles. The summed E-state index contributed by atoms with van der Waals surface area (Å²) in [7, 11) is 1.77. The third-order valence-electron chi connectivity index (χ3n) is 2.90. The molecule has 0 spiro atoms. The highest BCUT2D eigenvalue weighted by atomic mass is 127. The summed E-state index contributed by atoms with van der Waals surface area (Å²) in [4.78, 5) is 13.3. The number of nitrogens with one attached hydrogen (secondary N) is 1. The highest BCUT2D eigenvalue weighted by Gasteiger charge is 2.19. The second kappa shape index (κ2) is 5.93. The Hall–Kier alpha value is -1.40. The van der Waals surface area contributed by atoms with Gasteiger partial charge >= 0.3 is 0 Å². The second-order valence-corrected chi connectivity index (χ2v) is 6.65. The highest BCUT2D eigenvalue weighted by Crippen LogP contribution is 2.33. The Morgan fingerprint density at radius 3 is 2.85 bits per heavy atom. The average molecular weight is 400 g/mol. The smallest absolute Gasteiger partial charge is 0.277 e. The molecule has 0 aromatic carbocycles. The maximum atomic E-state index is 12.2. The van der Waals surface area contributed by atoms with Gasteiger partial charge in [0, 0.05) is 18.1 Å². The average Bonchev–Trinajstić information content (AvgIpc) is 2.88. The first kappa shape index (κ1) is 15.0. The van der Waals surface area contributed by atoms with Gasteiger partial charge in [0.15, 0.2) is 5.69 Å². The van der Waals surface area contributed by atoms with Gasteiger partial charge in [0.25, 0.3) is 5.91 Å². The number of rotatable bonds is 3. The van der Waals surface area contributed by atoms with Crippen LogP contribution in [0.4, 0.5) is 5.00 Å². The summed E-state index contributed by atoms with van der Waals surface area (Å²) < 4.78 is 2.38. The lowest BCUT2D eigenvalue weighted by Gasteiger charge is -2.01. The molecule has 0 unspecified atom stereocenters. The number of nitrogens with zero attached hydrogens (tertiary/aromatic N) is 3. The van der Waals surface area contributed by atoms with Crippen LogP contribution < -0.4 is 5.32 Å². The summed E-state index contributed by atoms with van der Waals surface area (Å²) >= 11 is 3.50. The molecule has 2 rings (SSSR count). The van der Waals surface area contributed by atoms with E-state index in [9.17, 15) is 10.1 Å². The Balaban J connectivity index is 2.34. The fraction of sp³-hybridized carbons (Fsp3) is 0.308. The molecule has 0 bridgehead atoms. The van der Waals surface area contributed by atoms with Gasteiger partial charge in [0.2, 0.25) is 0 Å². The number of halogens is 1. The van der Waals surface area contributed by atoms with Gasteiger partial charge in [-0.05, 0) is 41.5 Å². The predicted molar refractivity (Wildman–Crippen MR) is 87.0 cm³/mol. The Morgan fingerprint density at radius 2 is 2.35 bits per heavy atom. The van der Waals surface area contributed by atoms with Crippen molar-refractivity contribution in [2.45, 2.75) is 20.3 Å². The Morgan fingerprint density at radius 1 is 1.65 bits per heavy atom. The molecule has 1 amide bonds. The van der Waals surface area contributed by atoms with Crippen LogP contribution in [0, 0.1) is 21.8 Å². The van der Waals surface area contributed by atoms with Crippen LogP contribution in [0.1, 0.15) is 33.4 Å². The number of amides is 1. The third-order valence-corrected chi connectivity index (χ3v) is 4.75. The van der Waals surface area contributed by atoms with Gasteiger partial charge in [0.05, 0.1) is 9.13 Å². The molecular formula is C13H13IN4OS. The van der Waals surface area contributed by atoms with Crippen LogP contribution in [0.15, 0.2) is 6.20 Å². The fourth-order valence-electron chi connectivity index (χ4n) is 1.99. The van der Waals surface area contributed by atoms with Crippen molar-refractivity contribution in [2.75, 3.05) is 5.32 Å². The highest BCUT2D eigenvalue weighted by molar-refractivity contribution is 14.1. The molecule has 20 heavy (non-hydrogen) atoms. The summed E-state index contributed by atoms with van der Waals surface area (Å²) in [6.45, 7) is 3.97. The molecule has 0 radical (unpaired) electrons. The number of anilines is 1. The Bertz CT molecular complexity index is 711. The van der Waals surface area contributed by atoms with Gasteiger partial charge in [-0.1, -0.05) is 6.92 Å². The van der Waals surface area contributed by atoms with Crippen LogP contribution in [0.2, 0.25) is 0 Å². The van der Waals surface area contributed by atoms with Gasteiger partial charge < -0.3 is 5.32 Å².